The van der Waals surface area contributed by atoms with Crippen molar-refractivity contribution in [3.63, 3.8) is 0 Å². The van der Waals surface area contributed by atoms with Crippen molar-refractivity contribution < 1.29 is 14.3 Å². The minimum Gasteiger partial charge on any atom is -0.426 e. The van der Waals surface area contributed by atoms with Crippen molar-refractivity contribution in [2.45, 2.75) is 88.9 Å². The van der Waals surface area contributed by atoms with Crippen molar-refractivity contribution in [3.05, 3.63) is 95.6 Å². The van der Waals surface area contributed by atoms with E-state index in [0.717, 1.165) is 57.7 Å². The van der Waals surface area contributed by atoms with Crippen LogP contribution in [-0.2, 0) is 31.2 Å². The third-order valence-electron chi connectivity index (χ3n) is 13.9. The van der Waals surface area contributed by atoms with Crippen molar-refractivity contribution in [1.29, 1.82) is 0 Å². The van der Waals surface area contributed by atoms with E-state index < -0.39 is 21.7 Å². The predicted octanol–water partition coefficient (Wildman–Crippen LogP) is 7.48. The Labute approximate surface area is 279 Å². The van der Waals surface area contributed by atoms with Gasteiger partial charge < -0.3 is 10.1 Å². The van der Waals surface area contributed by atoms with E-state index in [1.54, 1.807) is 24.3 Å². The molecule has 4 unspecified atom stereocenters. The number of esters is 1. The Morgan fingerprint density at radius 3 is 1.48 bits per heavy atom. The third kappa shape index (κ3) is 3.17. The number of aromatic nitrogens is 4. The second-order valence-corrected chi connectivity index (χ2v) is 15.9. The van der Waals surface area contributed by atoms with Gasteiger partial charge in [0.2, 0.25) is 5.91 Å². The monoisotopic (exact) mass is 637 g/mol. The number of nitrogens with zero attached hydrogens (tertiary/aromatic N) is 4. The fraction of sp³-hybridized carbons (Fsp3) is 0.400. The highest BCUT2D eigenvalue weighted by atomic mass is 16.5. The summed E-state index contributed by atoms with van der Waals surface area (Å²) in [6, 6.07) is 22.8. The van der Waals surface area contributed by atoms with Gasteiger partial charge in [-0.15, -0.1) is 0 Å². The van der Waals surface area contributed by atoms with Crippen LogP contribution < -0.4 is 10.1 Å². The van der Waals surface area contributed by atoms with Crippen molar-refractivity contribution in [2.24, 2.45) is 10.8 Å². The van der Waals surface area contributed by atoms with E-state index in [1.165, 1.54) is 0 Å². The topological polar surface area (TPSA) is 107 Å². The maximum Gasteiger partial charge on any atom is 0.324 e. The molecule has 8 heteroatoms. The van der Waals surface area contributed by atoms with Crippen LogP contribution in [-0.4, -0.2) is 31.8 Å². The standard InChI is InChI=1S/C40H39N5O3/c1-35(2)37(5)19-21-39(35,31-29(37)42-25-11-7-9-13-27(25)44-31)33(46)41-23-15-17-24(18-16-23)48-34(47)40-22-20-38(6,36(40,3)4)30-32(40)45-28-14-10-8-12-26(28)43-30/h7-18H,19-22H2,1-6H3,(H,41,46). The summed E-state index contributed by atoms with van der Waals surface area (Å²) >= 11 is 0. The molecule has 4 bridgehead atoms. The SMILES string of the molecule is CC12CCC(C(=O)Nc3ccc(OC(=O)C45CCC(C)(c6nc7ccccc7nc64)C5(C)C)cc3)(c3nc4ccccc4nc31)C2(C)C. The average molecular weight is 638 g/mol. The molecular formula is C40H39N5O3. The van der Waals surface area contributed by atoms with Crippen LogP contribution in [0, 0.1) is 10.8 Å². The summed E-state index contributed by atoms with van der Waals surface area (Å²) in [6.07, 6.45) is 3.05. The average Bonchev–Trinajstić information content (AvgIpc) is 3.54. The lowest BCUT2D eigenvalue weighted by Crippen LogP contribution is -2.48. The smallest absolute Gasteiger partial charge is 0.324 e. The molecule has 3 aromatic carbocycles. The molecule has 0 aliphatic heterocycles. The highest BCUT2D eigenvalue weighted by molar-refractivity contribution is 6.02. The van der Waals surface area contributed by atoms with Gasteiger partial charge in [-0.3, -0.25) is 9.59 Å². The zero-order valence-corrected chi connectivity index (χ0v) is 28.3. The molecule has 48 heavy (non-hydrogen) atoms. The van der Waals surface area contributed by atoms with Gasteiger partial charge in [-0.2, -0.15) is 0 Å². The van der Waals surface area contributed by atoms with Gasteiger partial charge in [0.15, 0.2) is 0 Å². The van der Waals surface area contributed by atoms with Gasteiger partial charge in [0.25, 0.3) is 0 Å². The number of carbonyl (C=O) groups is 2. The number of anilines is 1. The van der Waals surface area contributed by atoms with E-state index in [1.807, 2.05) is 48.5 Å². The Balaban J connectivity index is 1.01. The van der Waals surface area contributed by atoms with Gasteiger partial charge >= 0.3 is 5.97 Å². The van der Waals surface area contributed by atoms with Gasteiger partial charge in [0, 0.05) is 16.5 Å². The molecule has 0 spiro atoms. The predicted molar refractivity (Wildman–Crippen MR) is 184 cm³/mol. The zero-order valence-electron chi connectivity index (χ0n) is 28.3. The summed E-state index contributed by atoms with van der Waals surface area (Å²) < 4.78 is 6.17. The molecule has 9 rings (SSSR count). The number of hydrogen-bond acceptors (Lipinski definition) is 7. The summed E-state index contributed by atoms with van der Waals surface area (Å²) in [7, 11) is 0. The largest absolute Gasteiger partial charge is 0.426 e. The minimum absolute atomic E-state index is 0.0801. The van der Waals surface area contributed by atoms with Crippen LogP contribution in [0.15, 0.2) is 72.8 Å². The van der Waals surface area contributed by atoms with Crippen LogP contribution in [0.1, 0.15) is 90.0 Å². The molecule has 1 N–H and O–H groups in total. The van der Waals surface area contributed by atoms with E-state index in [0.29, 0.717) is 24.3 Å². The van der Waals surface area contributed by atoms with Crippen LogP contribution in [0.25, 0.3) is 22.1 Å². The molecule has 2 fully saturated rings. The van der Waals surface area contributed by atoms with E-state index in [-0.39, 0.29) is 22.7 Å². The fourth-order valence-corrected chi connectivity index (χ4v) is 10.1. The highest BCUT2D eigenvalue weighted by Crippen LogP contribution is 2.71. The third-order valence-corrected chi connectivity index (χ3v) is 13.9. The molecule has 5 aromatic rings. The molecular weight excluding hydrogens is 598 g/mol. The first-order valence-corrected chi connectivity index (χ1v) is 17.0. The van der Waals surface area contributed by atoms with Crippen LogP contribution in [0.2, 0.25) is 0 Å². The Morgan fingerprint density at radius 2 is 0.979 bits per heavy atom. The first-order valence-electron chi connectivity index (χ1n) is 17.0. The van der Waals surface area contributed by atoms with Gasteiger partial charge in [0.1, 0.15) is 11.2 Å². The number of amides is 1. The molecule has 0 radical (unpaired) electrons. The van der Waals surface area contributed by atoms with Gasteiger partial charge in [-0.05, 0) is 85.0 Å². The first-order chi connectivity index (χ1) is 22.8. The zero-order chi connectivity index (χ0) is 33.5. The molecule has 242 valence electrons. The number of hydrogen-bond donors (Lipinski definition) is 1. The summed E-state index contributed by atoms with van der Waals surface area (Å²) in [5.74, 6) is 0.0357. The van der Waals surface area contributed by atoms with Crippen molar-refractivity contribution in [2.75, 3.05) is 5.32 Å². The Bertz CT molecular complexity index is 2090. The molecule has 1 amide bonds. The number of nitrogens with one attached hydrogen (secondary N) is 1. The number of carbonyl (C=O) groups excluding carboxylic acids is 2. The normalized spacial score (nSPS) is 30.0. The fourth-order valence-electron chi connectivity index (χ4n) is 10.1. The number of para-hydroxylation sites is 4. The van der Waals surface area contributed by atoms with E-state index >= 15 is 0 Å². The van der Waals surface area contributed by atoms with Crippen molar-refractivity contribution >= 4 is 39.6 Å². The lowest BCUT2D eigenvalue weighted by Gasteiger charge is -2.39. The van der Waals surface area contributed by atoms with Gasteiger partial charge in [-0.25, -0.2) is 19.9 Å². The molecule has 4 aliphatic carbocycles. The van der Waals surface area contributed by atoms with E-state index in [9.17, 15) is 9.59 Å². The van der Waals surface area contributed by atoms with Gasteiger partial charge in [-0.1, -0.05) is 65.8 Å². The van der Waals surface area contributed by atoms with Crippen LogP contribution in [0.5, 0.6) is 5.75 Å². The van der Waals surface area contributed by atoms with E-state index in [2.05, 4.69) is 46.9 Å². The number of ether oxygens (including phenoxy) is 1. The number of rotatable bonds is 4. The summed E-state index contributed by atoms with van der Waals surface area (Å²) in [6.45, 7) is 13.1. The molecule has 2 saturated carbocycles. The minimum atomic E-state index is -0.915. The Morgan fingerprint density at radius 1 is 0.562 bits per heavy atom. The van der Waals surface area contributed by atoms with Crippen molar-refractivity contribution in [3.8, 4) is 5.75 Å². The lowest BCUT2D eigenvalue weighted by molar-refractivity contribution is -0.145. The Hall–Kier alpha value is -4.72. The van der Waals surface area contributed by atoms with Gasteiger partial charge in [0.05, 0.1) is 50.3 Å². The van der Waals surface area contributed by atoms with Crippen molar-refractivity contribution in [1.82, 2.24) is 19.9 Å². The van der Waals surface area contributed by atoms with Crippen LogP contribution in [0.4, 0.5) is 5.69 Å². The molecule has 8 nitrogen and oxygen atoms in total. The molecule has 4 atom stereocenters. The quantitative estimate of drug-likeness (QED) is 0.161. The molecule has 2 heterocycles. The van der Waals surface area contributed by atoms with E-state index in [4.69, 9.17) is 24.7 Å². The second-order valence-electron chi connectivity index (χ2n) is 15.9. The number of fused-ring (bicyclic) bond motifs is 12. The number of benzene rings is 3. The maximum absolute atomic E-state index is 14.4. The molecule has 4 aliphatic rings. The lowest BCUT2D eigenvalue weighted by atomic mass is 9.63. The second kappa shape index (κ2) is 9.04. The van der Waals surface area contributed by atoms with Crippen LogP contribution in [0.3, 0.4) is 0 Å². The maximum atomic E-state index is 14.4. The molecule has 2 aromatic heterocycles. The highest BCUT2D eigenvalue weighted by Gasteiger charge is 2.75. The Kier molecular flexibility index (Phi) is 5.54. The molecule has 0 saturated heterocycles. The van der Waals surface area contributed by atoms with Crippen LogP contribution >= 0.6 is 0 Å². The summed E-state index contributed by atoms with van der Waals surface area (Å²) in [4.78, 5) is 49.0. The summed E-state index contributed by atoms with van der Waals surface area (Å²) in [5.41, 5.74) is 4.15. The first kappa shape index (κ1) is 29.4. The summed E-state index contributed by atoms with van der Waals surface area (Å²) in [5, 5.41) is 3.21.